The molecule has 8 heteroatoms. The number of carbonyl (C=O) groups is 2. The molecule has 32 heavy (non-hydrogen) atoms. The van der Waals surface area contributed by atoms with Crippen LogP contribution in [-0.4, -0.2) is 25.6 Å². The van der Waals surface area contributed by atoms with Crippen molar-refractivity contribution in [3.63, 3.8) is 0 Å². The van der Waals surface area contributed by atoms with E-state index in [4.69, 9.17) is 13.9 Å². The van der Waals surface area contributed by atoms with E-state index in [-0.39, 0.29) is 0 Å². The highest BCUT2D eigenvalue weighted by atomic mass is 32.1. The zero-order valence-corrected chi connectivity index (χ0v) is 18.4. The Morgan fingerprint density at radius 2 is 2.12 bits per heavy atom. The number of anilines is 1. The molecule has 2 heterocycles. The number of nitrogens with one attached hydrogen (secondary N) is 1. The van der Waals surface area contributed by atoms with E-state index >= 15 is 0 Å². The minimum absolute atomic E-state index is 0.440. The molecule has 0 spiro atoms. The average Bonchev–Trinajstić information content (AvgIpc) is 3.28. The average molecular weight is 451 g/mol. The van der Waals surface area contributed by atoms with Crippen molar-refractivity contribution in [2.24, 2.45) is 0 Å². The second-order valence-electron chi connectivity index (χ2n) is 7.40. The van der Waals surface area contributed by atoms with E-state index < -0.39 is 18.5 Å². The summed E-state index contributed by atoms with van der Waals surface area (Å²) in [4.78, 5) is 25.5. The van der Waals surface area contributed by atoms with Crippen molar-refractivity contribution < 1.29 is 23.5 Å². The maximum Gasteiger partial charge on any atom is 0.331 e. The summed E-state index contributed by atoms with van der Waals surface area (Å²) in [5.41, 5.74) is 2.17. The molecule has 4 rings (SSSR count). The number of benzene rings is 1. The second kappa shape index (κ2) is 9.71. The van der Waals surface area contributed by atoms with Crippen LogP contribution in [0.5, 0.6) is 5.75 Å². The number of hydrogen-bond acceptors (Lipinski definition) is 7. The lowest BCUT2D eigenvalue weighted by Gasteiger charge is -2.04. The van der Waals surface area contributed by atoms with Crippen molar-refractivity contribution in [2.75, 3.05) is 19.0 Å². The van der Waals surface area contributed by atoms with Gasteiger partial charge in [-0.3, -0.25) is 4.79 Å². The first kappa shape index (κ1) is 21.7. The highest BCUT2D eigenvalue weighted by Gasteiger charge is 2.21. The van der Waals surface area contributed by atoms with Gasteiger partial charge in [0.2, 0.25) is 0 Å². The van der Waals surface area contributed by atoms with Crippen LogP contribution in [0.1, 0.15) is 41.0 Å². The maximum absolute atomic E-state index is 12.3. The number of nitrogens with zero attached hydrogens (tertiary/aromatic N) is 1. The first-order chi connectivity index (χ1) is 15.6. The Morgan fingerprint density at radius 3 is 2.94 bits per heavy atom. The van der Waals surface area contributed by atoms with Crippen LogP contribution in [0.3, 0.4) is 0 Å². The predicted octanol–water partition coefficient (Wildman–Crippen LogP) is 4.84. The molecule has 0 saturated carbocycles. The van der Waals surface area contributed by atoms with Crippen LogP contribution >= 0.6 is 11.3 Å². The van der Waals surface area contributed by atoms with Crippen LogP contribution < -0.4 is 10.1 Å². The van der Waals surface area contributed by atoms with E-state index in [0.29, 0.717) is 27.7 Å². The molecule has 1 N–H and O–H groups in total. The Bertz CT molecular complexity index is 1230. The van der Waals surface area contributed by atoms with Gasteiger partial charge >= 0.3 is 5.97 Å². The summed E-state index contributed by atoms with van der Waals surface area (Å²) in [5, 5.41) is 13.6. The Labute approximate surface area is 189 Å². The summed E-state index contributed by atoms with van der Waals surface area (Å²) < 4.78 is 16.0. The first-order valence-electron chi connectivity index (χ1n) is 10.3. The number of methoxy groups -OCH3 is 1. The number of carbonyl (C=O) groups excluding carboxylic acids is 2. The van der Waals surface area contributed by atoms with Crippen LogP contribution in [-0.2, 0) is 27.2 Å². The van der Waals surface area contributed by atoms with Gasteiger partial charge in [0.25, 0.3) is 5.91 Å². The highest BCUT2D eigenvalue weighted by molar-refractivity contribution is 7.16. The molecule has 0 saturated heterocycles. The topological polar surface area (TPSA) is 102 Å². The molecule has 0 fully saturated rings. The van der Waals surface area contributed by atoms with Gasteiger partial charge in [-0.25, -0.2) is 4.79 Å². The van der Waals surface area contributed by atoms with Crippen LogP contribution in [0.2, 0.25) is 0 Å². The number of fused-ring (bicyclic) bond motifs is 2. The molecule has 1 amide bonds. The van der Waals surface area contributed by atoms with Crippen molar-refractivity contribution in [1.82, 2.24) is 0 Å². The summed E-state index contributed by atoms with van der Waals surface area (Å²) in [7, 11) is 1.56. The van der Waals surface area contributed by atoms with E-state index in [1.165, 1.54) is 23.5 Å². The van der Waals surface area contributed by atoms with Gasteiger partial charge in [-0.15, -0.1) is 11.3 Å². The van der Waals surface area contributed by atoms with Crippen LogP contribution in [0.15, 0.2) is 34.8 Å². The normalized spacial score (nSPS) is 13.4. The third-order valence-electron chi connectivity index (χ3n) is 5.26. The number of aryl methyl sites for hydroxylation is 1. The van der Waals surface area contributed by atoms with Crippen molar-refractivity contribution in [2.45, 2.75) is 32.1 Å². The smallest absolute Gasteiger partial charge is 0.331 e. The molecule has 1 aliphatic carbocycles. The Kier molecular flexibility index (Phi) is 6.57. The third-order valence-corrected chi connectivity index (χ3v) is 6.47. The molecule has 1 aliphatic rings. The van der Waals surface area contributed by atoms with Gasteiger partial charge < -0.3 is 19.2 Å². The van der Waals surface area contributed by atoms with Gasteiger partial charge in [0.1, 0.15) is 16.8 Å². The van der Waals surface area contributed by atoms with Gasteiger partial charge in [-0.05, 0) is 49.5 Å². The van der Waals surface area contributed by atoms with Crippen molar-refractivity contribution >= 4 is 45.3 Å². The van der Waals surface area contributed by atoms with Crippen LogP contribution in [0.4, 0.5) is 5.00 Å². The fraction of sp³-hybridized carbons (Fsp3) is 0.292. The van der Waals surface area contributed by atoms with Gasteiger partial charge in [-0.1, -0.05) is 18.6 Å². The summed E-state index contributed by atoms with van der Waals surface area (Å²) in [6.45, 7) is -0.440. The van der Waals surface area contributed by atoms with Gasteiger partial charge in [0, 0.05) is 16.3 Å². The Hall–Kier alpha value is -3.57. The second-order valence-corrected chi connectivity index (χ2v) is 8.50. The van der Waals surface area contributed by atoms with E-state index in [2.05, 4.69) is 11.4 Å². The maximum atomic E-state index is 12.3. The SMILES string of the molecule is COc1cccc2cc(C=CC(=O)OCC(=O)Nc3sc4c(c3C#N)CCCCC4)oc12. The number of esters is 1. The van der Waals surface area contributed by atoms with E-state index in [1.807, 2.05) is 12.1 Å². The molecule has 0 unspecified atom stereocenters. The van der Waals surface area contributed by atoms with Crippen molar-refractivity contribution in [3.05, 3.63) is 52.1 Å². The lowest BCUT2D eigenvalue weighted by Crippen LogP contribution is -2.20. The van der Waals surface area contributed by atoms with E-state index in [9.17, 15) is 14.9 Å². The largest absolute Gasteiger partial charge is 0.493 e. The highest BCUT2D eigenvalue weighted by Crippen LogP contribution is 2.37. The summed E-state index contributed by atoms with van der Waals surface area (Å²) in [5.74, 6) is -0.0863. The number of amides is 1. The number of furan rings is 1. The van der Waals surface area contributed by atoms with Crippen LogP contribution in [0.25, 0.3) is 17.0 Å². The molecule has 3 aromatic rings. The van der Waals surface area contributed by atoms with E-state index in [1.54, 1.807) is 19.2 Å². The van der Waals surface area contributed by atoms with E-state index in [0.717, 1.165) is 47.9 Å². The van der Waals surface area contributed by atoms with Crippen LogP contribution in [0, 0.1) is 11.3 Å². The minimum Gasteiger partial charge on any atom is -0.493 e. The molecule has 7 nitrogen and oxygen atoms in total. The molecule has 2 aromatic heterocycles. The minimum atomic E-state index is -0.671. The third kappa shape index (κ3) is 4.68. The first-order valence-corrected chi connectivity index (χ1v) is 11.2. The molecule has 1 aromatic carbocycles. The standard InChI is InChI=1S/C24H22N2O5S/c1-29-19-8-5-6-15-12-16(31-23(15)19)10-11-22(28)30-14-21(27)26-24-18(13-25)17-7-3-2-4-9-20(17)32-24/h5-6,8,10-12H,2-4,7,9,14H2,1H3,(H,26,27). The van der Waals surface area contributed by atoms with Gasteiger partial charge in [-0.2, -0.15) is 5.26 Å². The zero-order chi connectivity index (χ0) is 22.5. The summed E-state index contributed by atoms with van der Waals surface area (Å²) in [6, 6.07) is 9.50. The fourth-order valence-electron chi connectivity index (χ4n) is 3.75. The Morgan fingerprint density at radius 1 is 1.28 bits per heavy atom. The number of hydrogen-bond donors (Lipinski definition) is 1. The summed E-state index contributed by atoms with van der Waals surface area (Å²) >= 11 is 1.44. The van der Waals surface area contributed by atoms with Crippen molar-refractivity contribution in [1.29, 1.82) is 5.26 Å². The van der Waals surface area contributed by atoms with Gasteiger partial charge in [0.15, 0.2) is 17.9 Å². The quantitative estimate of drug-likeness (QED) is 0.328. The molecular formula is C24H22N2O5S. The molecule has 0 radical (unpaired) electrons. The lowest BCUT2D eigenvalue weighted by atomic mass is 10.1. The zero-order valence-electron chi connectivity index (χ0n) is 17.6. The number of para-hydroxylation sites is 1. The number of thiophene rings is 1. The molecule has 164 valence electrons. The molecule has 0 atom stereocenters. The Balaban J connectivity index is 1.35. The van der Waals surface area contributed by atoms with Crippen molar-refractivity contribution in [3.8, 4) is 11.8 Å². The molecular weight excluding hydrogens is 428 g/mol. The van der Waals surface area contributed by atoms with Gasteiger partial charge in [0.05, 0.1) is 12.7 Å². The number of rotatable bonds is 6. The number of nitriles is 1. The fourth-order valence-corrected chi connectivity index (χ4v) is 5.00. The lowest BCUT2D eigenvalue weighted by molar-refractivity contribution is -0.142. The summed E-state index contributed by atoms with van der Waals surface area (Å²) in [6.07, 6.45) is 7.76. The monoisotopic (exact) mass is 450 g/mol. The predicted molar refractivity (Wildman–Crippen MR) is 122 cm³/mol. The molecule has 0 bridgehead atoms. The molecule has 0 aliphatic heterocycles. The number of ether oxygens (including phenoxy) is 2.